The highest BCUT2D eigenvalue weighted by atomic mass is 16.5. The van der Waals surface area contributed by atoms with Crippen molar-refractivity contribution < 1.29 is 14.6 Å². The number of nitrogens with zero attached hydrogens (tertiary/aromatic N) is 3. The van der Waals surface area contributed by atoms with E-state index >= 15 is 0 Å². The van der Waals surface area contributed by atoms with Gasteiger partial charge in [-0.05, 0) is 36.6 Å². The van der Waals surface area contributed by atoms with Crippen molar-refractivity contribution in [2.75, 3.05) is 6.61 Å². The molecule has 0 heterocycles. The van der Waals surface area contributed by atoms with Crippen molar-refractivity contribution in [3.8, 4) is 5.75 Å². The van der Waals surface area contributed by atoms with Gasteiger partial charge in [0.05, 0.1) is 12.6 Å². The lowest BCUT2D eigenvalue weighted by Crippen LogP contribution is -2.01. The first-order valence-electron chi connectivity index (χ1n) is 5.66. The van der Waals surface area contributed by atoms with Gasteiger partial charge in [-0.25, -0.2) is 0 Å². The topological polar surface area (TPSA) is 95.3 Å². The molecule has 1 atom stereocenters. The number of ether oxygens (including phenoxy) is 1. The number of azide groups is 1. The van der Waals surface area contributed by atoms with Gasteiger partial charge >= 0.3 is 5.97 Å². The lowest BCUT2D eigenvalue weighted by Gasteiger charge is -2.11. The summed E-state index contributed by atoms with van der Waals surface area (Å²) in [6.45, 7) is 2.47. The van der Waals surface area contributed by atoms with Crippen LogP contribution in [0.25, 0.3) is 10.4 Å². The first kappa shape index (κ1) is 13.9. The SMILES string of the molecule is CCOc1ccc(C(CCC(=O)O)N=[N+]=[N-])cc1. The molecule has 1 aromatic carbocycles. The molecule has 0 saturated heterocycles. The van der Waals surface area contributed by atoms with Gasteiger partial charge in [0, 0.05) is 11.3 Å². The average molecular weight is 249 g/mol. The summed E-state index contributed by atoms with van der Waals surface area (Å²) < 4.78 is 5.30. The van der Waals surface area contributed by atoms with Crippen LogP contribution in [-0.2, 0) is 4.79 Å². The van der Waals surface area contributed by atoms with Crippen LogP contribution in [0.4, 0.5) is 0 Å². The van der Waals surface area contributed by atoms with Gasteiger partial charge in [-0.2, -0.15) is 0 Å². The number of carboxylic acids is 1. The molecule has 0 saturated carbocycles. The van der Waals surface area contributed by atoms with E-state index in [1.165, 1.54) is 0 Å². The molecule has 6 heteroatoms. The van der Waals surface area contributed by atoms with Gasteiger partial charge in [0.25, 0.3) is 0 Å². The number of rotatable bonds is 7. The third kappa shape index (κ3) is 4.35. The highest BCUT2D eigenvalue weighted by molar-refractivity contribution is 5.66. The van der Waals surface area contributed by atoms with Gasteiger partial charge in [0.1, 0.15) is 5.75 Å². The smallest absolute Gasteiger partial charge is 0.303 e. The van der Waals surface area contributed by atoms with Crippen LogP contribution < -0.4 is 4.74 Å². The third-order valence-electron chi connectivity index (χ3n) is 2.40. The molecule has 1 rings (SSSR count). The molecule has 0 aromatic heterocycles. The second kappa shape index (κ2) is 7.19. The van der Waals surface area contributed by atoms with Gasteiger partial charge in [-0.15, -0.1) is 0 Å². The maximum absolute atomic E-state index is 10.5. The zero-order chi connectivity index (χ0) is 13.4. The largest absolute Gasteiger partial charge is 0.494 e. The summed E-state index contributed by atoms with van der Waals surface area (Å²) in [6.07, 6.45) is 0.254. The summed E-state index contributed by atoms with van der Waals surface area (Å²) in [5, 5.41) is 12.3. The summed E-state index contributed by atoms with van der Waals surface area (Å²) in [5.41, 5.74) is 9.28. The second-order valence-corrected chi connectivity index (χ2v) is 3.66. The predicted octanol–water partition coefficient (Wildman–Crippen LogP) is 3.30. The number of aliphatic carboxylic acids is 1. The molecular weight excluding hydrogens is 234 g/mol. The number of carbonyl (C=O) groups is 1. The van der Waals surface area contributed by atoms with Crippen LogP contribution in [0.5, 0.6) is 5.75 Å². The quantitative estimate of drug-likeness (QED) is 0.456. The van der Waals surface area contributed by atoms with E-state index in [1.807, 2.05) is 6.92 Å². The molecule has 18 heavy (non-hydrogen) atoms. The lowest BCUT2D eigenvalue weighted by atomic mass is 10.0. The van der Waals surface area contributed by atoms with Crippen LogP contribution in [0.2, 0.25) is 0 Å². The zero-order valence-electron chi connectivity index (χ0n) is 10.1. The average Bonchev–Trinajstić information content (AvgIpc) is 2.36. The first-order chi connectivity index (χ1) is 8.67. The molecule has 0 aliphatic carbocycles. The van der Waals surface area contributed by atoms with Gasteiger partial charge in [-0.3, -0.25) is 4.79 Å². The van der Waals surface area contributed by atoms with Crippen molar-refractivity contribution in [3.05, 3.63) is 40.3 Å². The van der Waals surface area contributed by atoms with Gasteiger partial charge in [0.15, 0.2) is 0 Å². The summed E-state index contributed by atoms with van der Waals surface area (Å²) in [7, 11) is 0. The molecule has 0 amide bonds. The molecule has 96 valence electrons. The van der Waals surface area contributed by atoms with Crippen molar-refractivity contribution >= 4 is 5.97 Å². The molecule has 0 bridgehead atoms. The van der Waals surface area contributed by atoms with Crippen LogP contribution in [0.3, 0.4) is 0 Å². The Kier molecular flexibility index (Phi) is 5.54. The summed E-state index contributed by atoms with van der Waals surface area (Å²) in [4.78, 5) is 13.3. The monoisotopic (exact) mass is 249 g/mol. The number of hydrogen-bond donors (Lipinski definition) is 1. The van der Waals surface area contributed by atoms with Crippen LogP contribution in [0.15, 0.2) is 29.4 Å². The molecule has 6 nitrogen and oxygen atoms in total. The van der Waals surface area contributed by atoms with Crippen molar-refractivity contribution in [2.45, 2.75) is 25.8 Å². The van der Waals surface area contributed by atoms with Crippen LogP contribution >= 0.6 is 0 Å². The Bertz CT molecular complexity index is 438. The molecular formula is C12H15N3O3. The molecule has 0 fully saturated rings. The molecule has 0 aliphatic heterocycles. The first-order valence-corrected chi connectivity index (χ1v) is 5.66. The molecule has 1 unspecified atom stereocenters. The minimum atomic E-state index is -0.904. The van der Waals surface area contributed by atoms with Gasteiger partial charge in [0.2, 0.25) is 0 Å². The number of hydrogen-bond acceptors (Lipinski definition) is 3. The highest BCUT2D eigenvalue weighted by Gasteiger charge is 2.11. The third-order valence-corrected chi connectivity index (χ3v) is 2.40. The van der Waals surface area contributed by atoms with E-state index in [0.29, 0.717) is 6.61 Å². The van der Waals surface area contributed by atoms with E-state index in [2.05, 4.69) is 10.0 Å². The van der Waals surface area contributed by atoms with Crippen molar-refractivity contribution in [1.29, 1.82) is 0 Å². The molecule has 0 spiro atoms. The minimum Gasteiger partial charge on any atom is -0.494 e. The second-order valence-electron chi connectivity index (χ2n) is 3.66. The number of carboxylic acid groups (broad SMARTS) is 1. The van der Waals surface area contributed by atoms with E-state index < -0.39 is 12.0 Å². The fraction of sp³-hybridized carbons (Fsp3) is 0.417. The standard InChI is InChI=1S/C12H15N3O3/c1-2-18-10-5-3-9(4-6-10)11(14-15-13)7-8-12(16)17/h3-6,11H,2,7-8H2,1H3,(H,16,17). The fourth-order valence-corrected chi connectivity index (χ4v) is 1.57. The minimum absolute atomic E-state index is 0.0309. The van der Waals surface area contributed by atoms with Crippen molar-refractivity contribution in [2.24, 2.45) is 5.11 Å². The Morgan fingerprint density at radius 2 is 2.17 bits per heavy atom. The van der Waals surface area contributed by atoms with Crippen molar-refractivity contribution in [1.82, 2.24) is 0 Å². The molecule has 0 radical (unpaired) electrons. The summed E-state index contributed by atoms with van der Waals surface area (Å²) in [6, 6.07) is 6.67. The van der Waals surface area contributed by atoms with Crippen LogP contribution in [0, 0.1) is 0 Å². The molecule has 1 N–H and O–H groups in total. The molecule has 1 aromatic rings. The van der Waals surface area contributed by atoms with Crippen LogP contribution in [0.1, 0.15) is 31.4 Å². The highest BCUT2D eigenvalue weighted by Crippen LogP contribution is 2.25. The number of benzene rings is 1. The van der Waals surface area contributed by atoms with Crippen molar-refractivity contribution in [3.63, 3.8) is 0 Å². The lowest BCUT2D eigenvalue weighted by molar-refractivity contribution is -0.137. The predicted molar refractivity (Wildman–Crippen MR) is 66.4 cm³/mol. The van der Waals surface area contributed by atoms with Gasteiger partial charge in [-0.1, -0.05) is 17.2 Å². The van der Waals surface area contributed by atoms with Crippen LogP contribution in [-0.4, -0.2) is 17.7 Å². The van der Waals surface area contributed by atoms with Gasteiger partial charge < -0.3 is 9.84 Å². The zero-order valence-corrected chi connectivity index (χ0v) is 10.1. The maximum atomic E-state index is 10.5. The Labute approximate surface area is 105 Å². The normalized spacial score (nSPS) is 11.4. The Morgan fingerprint density at radius 3 is 2.67 bits per heavy atom. The van der Waals surface area contributed by atoms with E-state index in [4.69, 9.17) is 15.4 Å². The van der Waals surface area contributed by atoms with E-state index in [1.54, 1.807) is 24.3 Å². The summed E-state index contributed by atoms with van der Waals surface area (Å²) in [5.74, 6) is -0.168. The Hall–Kier alpha value is -2.20. The van der Waals surface area contributed by atoms with E-state index in [0.717, 1.165) is 11.3 Å². The fourth-order valence-electron chi connectivity index (χ4n) is 1.57. The Balaban J connectivity index is 2.78. The van der Waals surface area contributed by atoms with E-state index in [-0.39, 0.29) is 12.8 Å². The molecule has 0 aliphatic rings. The maximum Gasteiger partial charge on any atom is 0.303 e. The Morgan fingerprint density at radius 1 is 1.50 bits per heavy atom. The summed E-state index contributed by atoms with van der Waals surface area (Å²) >= 11 is 0. The van der Waals surface area contributed by atoms with E-state index in [9.17, 15) is 4.79 Å².